The molecule has 0 spiro atoms. The van der Waals surface area contributed by atoms with Crippen molar-refractivity contribution in [1.29, 1.82) is 0 Å². The Morgan fingerprint density at radius 2 is 1.94 bits per heavy atom. The van der Waals surface area contributed by atoms with Gasteiger partial charge in [-0.25, -0.2) is 8.78 Å². The van der Waals surface area contributed by atoms with E-state index in [1.807, 2.05) is 13.8 Å². The van der Waals surface area contributed by atoms with Crippen LogP contribution in [0.4, 0.5) is 8.78 Å². The molecular weight excluding hydrogens is 226 g/mol. The van der Waals surface area contributed by atoms with Crippen molar-refractivity contribution in [3.05, 3.63) is 35.4 Å². The summed E-state index contributed by atoms with van der Waals surface area (Å²) in [6.45, 7) is 4.19. The molecule has 2 atom stereocenters. The molecule has 0 aliphatic heterocycles. The van der Waals surface area contributed by atoms with E-state index in [1.165, 1.54) is 18.2 Å². The first-order valence-electron chi connectivity index (χ1n) is 5.60. The van der Waals surface area contributed by atoms with Crippen molar-refractivity contribution < 1.29 is 13.5 Å². The topological polar surface area (TPSA) is 47.3 Å². The van der Waals surface area contributed by atoms with Crippen molar-refractivity contribution in [2.24, 2.45) is 5.84 Å². The van der Waals surface area contributed by atoms with E-state index in [0.29, 0.717) is 6.61 Å². The predicted molar refractivity (Wildman–Crippen MR) is 62.3 cm³/mol. The lowest BCUT2D eigenvalue weighted by Gasteiger charge is -2.23. The van der Waals surface area contributed by atoms with E-state index < -0.39 is 11.6 Å². The molecule has 0 heterocycles. The van der Waals surface area contributed by atoms with Gasteiger partial charge in [0, 0.05) is 12.2 Å². The summed E-state index contributed by atoms with van der Waals surface area (Å²) in [5.74, 6) is 4.25. The van der Waals surface area contributed by atoms with Crippen LogP contribution in [0.3, 0.4) is 0 Å². The van der Waals surface area contributed by atoms with Crippen LogP contribution >= 0.6 is 0 Å². The first kappa shape index (κ1) is 14.0. The minimum absolute atomic E-state index is 0.0296. The number of halogens is 2. The first-order chi connectivity index (χ1) is 8.10. The second-order valence-corrected chi connectivity index (χ2v) is 3.84. The molecule has 0 aromatic heterocycles. The number of ether oxygens (including phenoxy) is 1. The number of hydrogen-bond acceptors (Lipinski definition) is 3. The van der Waals surface area contributed by atoms with Gasteiger partial charge in [0.25, 0.3) is 0 Å². The molecular formula is C12H18F2N2O. The summed E-state index contributed by atoms with van der Waals surface area (Å²) >= 11 is 0. The molecule has 2 unspecified atom stereocenters. The Morgan fingerprint density at radius 1 is 1.35 bits per heavy atom. The number of rotatable bonds is 6. The minimum Gasteiger partial charge on any atom is -0.377 e. The Labute approximate surface area is 99.9 Å². The monoisotopic (exact) mass is 244 g/mol. The molecule has 0 aliphatic carbocycles. The second-order valence-electron chi connectivity index (χ2n) is 3.84. The number of nitrogens with two attached hydrogens (primary N) is 1. The zero-order valence-corrected chi connectivity index (χ0v) is 10.0. The summed E-state index contributed by atoms with van der Waals surface area (Å²) in [6.07, 6.45) is -0.0695. The number of benzene rings is 1. The van der Waals surface area contributed by atoms with Gasteiger partial charge in [0.05, 0.1) is 12.1 Å². The van der Waals surface area contributed by atoms with Crippen LogP contribution in [-0.4, -0.2) is 18.8 Å². The lowest BCUT2D eigenvalue weighted by molar-refractivity contribution is 0.0472. The predicted octanol–water partition coefficient (Wildman–Crippen LogP) is 1.76. The minimum atomic E-state index is -0.561. The van der Waals surface area contributed by atoms with Gasteiger partial charge in [-0.05, 0) is 32.4 Å². The zero-order valence-electron chi connectivity index (χ0n) is 10.0. The van der Waals surface area contributed by atoms with Crippen LogP contribution in [0.15, 0.2) is 18.2 Å². The average molecular weight is 244 g/mol. The Hall–Kier alpha value is -1.04. The van der Waals surface area contributed by atoms with Gasteiger partial charge < -0.3 is 4.74 Å². The Kier molecular flexibility index (Phi) is 5.47. The van der Waals surface area contributed by atoms with Gasteiger partial charge in [0.2, 0.25) is 0 Å². The normalized spacial score (nSPS) is 14.6. The van der Waals surface area contributed by atoms with Crippen LogP contribution in [-0.2, 0) is 11.2 Å². The van der Waals surface area contributed by atoms with E-state index in [2.05, 4.69) is 5.43 Å². The molecule has 3 N–H and O–H groups in total. The summed E-state index contributed by atoms with van der Waals surface area (Å²) < 4.78 is 32.3. The van der Waals surface area contributed by atoms with Gasteiger partial charge in [-0.15, -0.1) is 0 Å². The van der Waals surface area contributed by atoms with E-state index in [1.54, 1.807) is 0 Å². The maximum Gasteiger partial charge on any atom is 0.129 e. The molecule has 1 aromatic carbocycles. The second kappa shape index (κ2) is 6.64. The maximum atomic E-state index is 13.4. The highest BCUT2D eigenvalue weighted by molar-refractivity contribution is 5.21. The summed E-state index contributed by atoms with van der Waals surface area (Å²) in [5.41, 5.74) is 2.56. The van der Waals surface area contributed by atoms with Gasteiger partial charge in [-0.2, -0.15) is 0 Å². The molecule has 17 heavy (non-hydrogen) atoms. The summed E-state index contributed by atoms with van der Waals surface area (Å²) in [6, 6.07) is 3.47. The molecule has 0 saturated carbocycles. The Morgan fingerprint density at radius 3 is 2.41 bits per heavy atom. The highest BCUT2D eigenvalue weighted by Crippen LogP contribution is 2.16. The highest BCUT2D eigenvalue weighted by atomic mass is 19.1. The molecule has 1 aromatic rings. The van der Waals surface area contributed by atoms with Crippen molar-refractivity contribution in [1.82, 2.24) is 5.43 Å². The number of nitrogens with one attached hydrogen (secondary N) is 1. The smallest absolute Gasteiger partial charge is 0.129 e. The summed E-state index contributed by atoms with van der Waals surface area (Å²) in [4.78, 5) is 0. The highest BCUT2D eigenvalue weighted by Gasteiger charge is 2.20. The maximum absolute atomic E-state index is 13.4. The zero-order chi connectivity index (χ0) is 12.8. The molecule has 3 nitrogen and oxygen atoms in total. The van der Waals surface area contributed by atoms with Crippen LogP contribution < -0.4 is 11.3 Å². The lowest BCUT2D eigenvalue weighted by atomic mass is 10.0. The van der Waals surface area contributed by atoms with Gasteiger partial charge in [-0.1, -0.05) is 6.07 Å². The van der Waals surface area contributed by atoms with Crippen LogP contribution in [0.2, 0.25) is 0 Å². The van der Waals surface area contributed by atoms with Crippen molar-refractivity contribution in [3.8, 4) is 0 Å². The fourth-order valence-corrected chi connectivity index (χ4v) is 1.69. The van der Waals surface area contributed by atoms with E-state index in [4.69, 9.17) is 10.6 Å². The molecule has 0 fully saturated rings. The largest absolute Gasteiger partial charge is 0.377 e. The van der Waals surface area contributed by atoms with E-state index >= 15 is 0 Å². The van der Waals surface area contributed by atoms with E-state index in [9.17, 15) is 8.78 Å². The molecule has 5 heteroatoms. The van der Waals surface area contributed by atoms with Gasteiger partial charge >= 0.3 is 0 Å². The Balaban J connectivity index is 2.80. The van der Waals surface area contributed by atoms with Crippen LogP contribution in [0.5, 0.6) is 0 Å². The molecule has 0 aliphatic rings. The fourth-order valence-electron chi connectivity index (χ4n) is 1.69. The average Bonchev–Trinajstić information content (AvgIpc) is 2.29. The standard InChI is InChI=1S/C12H18F2N2O/c1-3-17-8(2)12(16-15)7-9-10(13)5-4-6-11(9)14/h4-6,8,12,16H,3,7,15H2,1-2H3. The first-order valence-corrected chi connectivity index (χ1v) is 5.60. The third kappa shape index (κ3) is 3.73. The third-order valence-electron chi connectivity index (χ3n) is 2.70. The number of hydrazine groups is 1. The van der Waals surface area contributed by atoms with Crippen LogP contribution in [0.1, 0.15) is 19.4 Å². The molecule has 0 amide bonds. The molecule has 0 bridgehead atoms. The molecule has 96 valence electrons. The van der Waals surface area contributed by atoms with Crippen molar-refractivity contribution in [3.63, 3.8) is 0 Å². The molecule has 0 radical (unpaired) electrons. The van der Waals surface area contributed by atoms with Gasteiger partial charge in [0.15, 0.2) is 0 Å². The third-order valence-corrected chi connectivity index (χ3v) is 2.70. The molecule has 0 saturated heterocycles. The van der Waals surface area contributed by atoms with E-state index in [-0.39, 0.29) is 24.1 Å². The summed E-state index contributed by atoms with van der Waals surface area (Å²) in [5, 5.41) is 0. The van der Waals surface area contributed by atoms with Gasteiger partial charge in [0.1, 0.15) is 11.6 Å². The van der Waals surface area contributed by atoms with Gasteiger partial charge in [-0.3, -0.25) is 11.3 Å². The fraction of sp³-hybridized carbons (Fsp3) is 0.500. The quantitative estimate of drug-likeness (QED) is 0.592. The van der Waals surface area contributed by atoms with Crippen molar-refractivity contribution >= 4 is 0 Å². The lowest BCUT2D eigenvalue weighted by Crippen LogP contribution is -2.45. The summed E-state index contributed by atoms with van der Waals surface area (Å²) in [7, 11) is 0. The number of hydrogen-bond donors (Lipinski definition) is 2. The van der Waals surface area contributed by atoms with E-state index in [0.717, 1.165) is 0 Å². The Bertz CT molecular complexity index is 340. The van der Waals surface area contributed by atoms with Crippen molar-refractivity contribution in [2.75, 3.05) is 6.61 Å². The van der Waals surface area contributed by atoms with Crippen LogP contribution in [0.25, 0.3) is 0 Å². The SMILES string of the molecule is CCOC(C)C(Cc1c(F)cccc1F)NN. The van der Waals surface area contributed by atoms with Crippen molar-refractivity contribution in [2.45, 2.75) is 32.4 Å². The molecule has 1 rings (SSSR count). The van der Waals surface area contributed by atoms with Crippen LogP contribution in [0, 0.1) is 11.6 Å².